The van der Waals surface area contributed by atoms with Crippen LogP contribution in [0.4, 0.5) is 0 Å². The molecule has 96 valence electrons. The van der Waals surface area contributed by atoms with Crippen LogP contribution in [0.15, 0.2) is 41.4 Å². The molecule has 4 nitrogen and oxygen atoms in total. The van der Waals surface area contributed by atoms with Crippen LogP contribution in [-0.4, -0.2) is 19.7 Å². The zero-order valence-electron chi connectivity index (χ0n) is 10.3. The molecule has 3 rings (SSSR count). The first-order valence-corrected chi connectivity index (χ1v) is 7.22. The molecule has 1 unspecified atom stereocenters. The van der Waals surface area contributed by atoms with Gasteiger partial charge in [-0.15, -0.1) is 0 Å². The average Bonchev–Trinajstić information content (AvgIpc) is 3.08. The van der Waals surface area contributed by atoms with Crippen molar-refractivity contribution in [2.24, 2.45) is 0 Å². The Morgan fingerprint density at radius 2 is 2.11 bits per heavy atom. The molecule has 6 heteroatoms. The molecule has 0 amide bonds. The van der Waals surface area contributed by atoms with Crippen LogP contribution in [0.25, 0.3) is 11.4 Å². The lowest BCUT2D eigenvalue weighted by molar-refractivity contribution is 0.637. The number of pyridine rings is 1. The molecule has 3 aromatic rings. The molecule has 1 atom stereocenters. The van der Waals surface area contributed by atoms with Gasteiger partial charge in [0.1, 0.15) is 0 Å². The Morgan fingerprint density at radius 3 is 2.79 bits per heavy atom. The third-order valence-electron chi connectivity index (χ3n) is 3.06. The monoisotopic (exact) mass is 288 g/mol. The summed E-state index contributed by atoms with van der Waals surface area (Å²) < 4.78 is 2.66. The minimum Gasteiger partial charge on any atom is -0.293 e. The molecule has 19 heavy (non-hydrogen) atoms. The van der Waals surface area contributed by atoms with Gasteiger partial charge in [-0.1, -0.05) is 0 Å². The maximum absolute atomic E-state index is 5.36. The molecular weight excluding hydrogens is 276 g/mol. The molecule has 3 aromatic heterocycles. The van der Waals surface area contributed by atoms with Crippen molar-refractivity contribution in [2.75, 3.05) is 0 Å². The summed E-state index contributed by atoms with van der Waals surface area (Å²) in [5, 5.41) is 11.4. The van der Waals surface area contributed by atoms with E-state index in [1.54, 1.807) is 23.7 Å². The summed E-state index contributed by atoms with van der Waals surface area (Å²) in [5.41, 5.74) is 2.24. The maximum Gasteiger partial charge on any atom is 0.196 e. The zero-order chi connectivity index (χ0) is 13.2. The molecule has 3 heterocycles. The number of hydrogen-bond acceptors (Lipinski definition) is 4. The van der Waals surface area contributed by atoms with E-state index < -0.39 is 0 Å². The second-order valence-corrected chi connectivity index (χ2v) is 5.36. The number of thiophene rings is 1. The predicted octanol–water partition coefficient (Wildman–Crippen LogP) is 3.67. The Bertz CT molecular complexity index is 713. The first kappa shape index (κ1) is 12.3. The van der Waals surface area contributed by atoms with Crippen LogP contribution >= 0.6 is 23.6 Å². The smallest absolute Gasteiger partial charge is 0.196 e. The van der Waals surface area contributed by atoms with Gasteiger partial charge in [-0.05, 0) is 53.7 Å². The molecule has 0 bridgehead atoms. The lowest BCUT2D eigenvalue weighted by Gasteiger charge is -2.14. The van der Waals surface area contributed by atoms with Gasteiger partial charge in [0.25, 0.3) is 0 Å². The van der Waals surface area contributed by atoms with E-state index in [0.717, 1.165) is 11.4 Å². The van der Waals surface area contributed by atoms with Gasteiger partial charge in [-0.25, -0.2) is 0 Å². The standard InChI is InChI=1S/C13H12N4S2/c1-9(11-4-7-19-8-11)17-12(15-16-13(17)18)10-2-5-14-6-3-10/h2-9H,1H3,(H,16,18). The van der Waals surface area contributed by atoms with Crippen LogP contribution < -0.4 is 0 Å². The van der Waals surface area contributed by atoms with Crippen LogP contribution in [0.2, 0.25) is 0 Å². The predicted molar refractivity (Wildman–Crippen MR) is 78.8 cm³/mol. The van der Waals surface area contributed by atoms with Crippen LogP contribution in [0.1, 0.15) is 18.5 Å². The van der Waals surface area contributed by atoms with Crippen molar-refractivity contribution < 1.29 is 0 Å². The number of nitrogens with zero attached hydrogens (tertiary/aromatic N) is 3. The molecule has 0 aliphatic rings. The van der Waals surface area contributed by atoms with Crippen molar-refractivity contribution >= 4 is 23.6 Å². The van der Waals surface area contributed by atoms with Crippen LogP contribution in [-0.2, 0) is 0 Å². The number of hydrogen-bond donors (Lipinski definition) is 1. The molecule has 0 radical (unpaired) electrons. The summed E-state index contributed by atoms with van der Waals surface area (Å²) in [6, 6.07) is 6.13. The highest BCUT2D eigenvalue weighted by Crippen LogP contribution is 2.26. The van der Waals surface area contributed by atoms with Gasteiger partial charge in [-0.2, -0.15) is 16.4 Å². The fourth-order valence-corrected chi connectivity index (χ4v) is 3.07. The van der Waals surface area contributed by atoms with E-state index in [4.69, 9.17) is 12.2 Å². The Morgan fingerprint density at radius 1 is 1.32 bits per heavy atom. The van der Waals surface area contributed by atoms with E-state index in [1.807, 2.05) is 16.7 Å². The number of nitrogens with one attached hydrogen (secondary N) is 1. The van der Waals surface area contributed by atoms with Crippen molar-refractivity contribution in [3.05, 3.63) is 51.7 Å². The van der Waals surface area contributed by atoms with E-state index in [-0.39, 0.29) is 6.04 Å². The van der Waals surface area contributed by atoms with Crippen molar-refractivity contribution in [3.8, 4) is 11.4 Å². The van der Waals surface area contributed by atoms with Crippen LogP contribution in [0, 0.1) is 4.77 Å². The molecule has 0 spiro atoms. The summed E-state index contributed by atoms with van der Waals surface area (Å²) in [7, 11) is 0. The lowest BCUT2D eigenvalue weighted by Crippen LogP contribution is -2.08. The molecule has 0 aliphatic carbocycles. The first-order valence-electron chi connectivity index (χ1n) is 5.87. The Balaban J connectivity index is 2.12. The number of rotatable bonds is 3. The maximum atomic E-state index is 5.36. The number of H-pyrrole nitrogens is 1. The summed E-state index contributed by atoms with van der Waals surface area (Å²) in [4.78, 5) is 4.03. The zero-order valence-corrected chi connectivity index (χ0v) is 11.9. The molecule has 1 N–H and O–H groups in total. The van der Waals surface area contributed by atoms with Gasteiger partial charge in [-0.3, -0.25) is 14.6 Å². The summed E-state index contributed by atoms with van der Waals surface area (Å²) in [6.07, 6.45) is 3.51. The molecule has 0 aliphatic heterocycles. The minimum absolute atomic E-state index is 0.153. The average molecular weight is 288 g/mol. The molecule has 0 saturated carbocycles. The first-order chi connectivity index (χ1) is 9.27. The SMILES string of the molecule is CC(c1ccsc1)n1c(-c2ccncc2)n[nH]c1=S. The third kappa shape index (κ3) is 2.24. The molecule has 0 fully saturated rings. The highest BCUT2D eigenvalue weighted by atomic mass is 32.1. The fourth-order valence-electron chi connectivity index (χ4n) is 2.03. The highest BCUT2D eigenvalue weighted by Gasteiger charge is 2.16. The van der Waals surface area contributed by atoms with E-state index in [1.165, 1.54) is 5.56 Å². The molecule has 0 aromatic carbocycles. The van der Waals surface area contributed by atoms with Gasteiger partial charge in [0.2, 0.25) is 0 Å². The number of aromatic amines is 1. The van der Waals surface area contributed by atoms with E-state index >= 15 is 0 Å². The number of aromatic nitrogens is 4. The van der Waals surface area contributed by atoms with Gasteiger partial charge in [0, 0.05) is 18.0 Å². The van der Waals surface area contributed by atoms with E-state index in [2.05, 4.69) is 38.9 Å². The summed E-state index contributed by atoms with van der Waals surface area (Å²) >= 11 is 7.04. The summed E-state index contributed by atoms with van der Waals surface area (Å²) in [6.45, 7) is 2.12. The van der Waals surface area contributed by atoms with Crippen molar-refractivity contribution in [2.45, 2.75) is 13.0 Å². The summed E-state index contributed by atoms with van der Waals surface area (Å²) in [5.74, 6) is 0.839. The van der Waals surface area contributed by atoms with E-state index in [9.17, 15) is 0 Å². The second kappa shape index (κ2) is 5.07. The van der Waals surface area contributed by atoms with Crippen LogP contribution in [0.5, 0.6) is 0 Å². The molecule has 0 saturated heterocycles. The van der Waals surface area contributed by atoms with Crippen molar-refractivity contribution in [3.63, 3.8) is 0 Å². The van der Waals surface area contributed by atoms with E-state index in [0.29, 0.717) is 4.77 Å². The highest BCUT2D eigenvalue weighted by molar-refractivity contribution is 7.71. The lowest BCUT2D eigenvalue weighted by atomic mass is 10.1. The quantitative estimate of drug-likeness (QED) is 0.748. The Hall–Kier alpha value is -1.79. The molecular formula is C13H12N4S2. The van der Waals surface area contributed by atoms with Gasteiger partial charge in [0.05, 0.1) is 6.04 Å². The van der Waals surface area contributed by atoms with Gasteiger partial charge < -0.3 is 0 Å². The largest absolute Gasteiger partial charge is 0.293 e. The second-order valence-electron chi connectivity index (χ2n) is 4.19. The Kier molecular flexibility index (Phi) is 3.27. The fraction of sp³-hybridized carbons (Fsp3) is 0.154. The normalized spacial score (nSPS) is 12.5. The third-order valence-corrected chi connectivity index (χ3v) is 4.05. The van der Waals surface area contributed by atoms with Crippen LogP contribution in [0.3, 0.4) is 0 Å². The topological polar surface area (TPSA) is 46.5 Å². The van der Waals surface area contributed by atoms with Crippen molar-refractivity contribution in [1.29, 1.82) is 0 Å². The minimum atomic E-state index is 0.153. The Labute approximate surface area is 119 Å². The van der Waals surface area contributed by atoms with Gasteiger partial charge in [0.15, 0.2) is 10.6 Å². The van der Waals surface area contributed by atoms with Gasteiger partial charge >= 0.3 is 0 Å². The van der Waals surface area contributed by atoms with Crippen molar-refractivity contribution in [1.82, 2.24) is 19.7 Å².